The zero-order chi connectivity index (χ0) is 13.6. The zero-order valence-electron chi connectivity index (χ0n) is 9.85. The van der Waals surface area contributed by atoms with E-state index >= 15 is 0 Å². The lowest BCUT2D eigenvalue weighted by Crippen LogP contribution is -2.08. The number of carboxylic acid groups (broad SMARTS) is 1. The van der Waals surface area contributed by atoms with E-state index in [1.54, 1.807) is 16.7 Å². The monoisotopic (exact) mass is 281 g/mol. The van der Waals surface area contributed by atoms with Gasteiger partial charge in [0.2, 0.25) is 0 Å². The highest BCUT2D eigenvalue weighted by Crippen LogP contribution is 2.28. The van der Waals surface area contributed by atoms with Crippen molar-refractivity contribution < 1.29 is 18.3 Å². The Kier molecular flexibility index (Phi) is 2.56. The van der Waals surface area contributed by atoms with Crippen LogP contribution in [0.2, 0.25) is 0 Å². The standard InChI is InChI=1S/C11H11N3O4S/c15-11(16)8-2-1-4-14-9(12-13-10(8)14)7-3-5-19(17,18)6-7/h1-2,4,7H,3,5-6H2,(H,15,16). The average Bonchev–Trinajstić information content (AvgIpc) is 2.91. The number of aromatic nitrogens is 3. The minimum absolute atomic E-state index is 0.0467. The van der Waals surface area contributed by atoms with Crippen molar-refractivity contribution in [1.29, 1.82) is 0 Å². The number of hydrogen-bond acceptors (Lipinski definition) is 5. The van der Waals surface area contributed by atoms with Gasteiger partial charge in [0.25, 0.3) is 0 Å². The number of hydrogen-bond donors (Lipinski definition) is 1. The molecular weight excluding hydrogens is 270 g/mol. The Morgan fingerprint density at radius 1 is 1.42 bits per heavy atom. The molecule has 0 radical (unpaired) electrons. The number of sulfone groups is 1. The fraction of sp³-hybridized carbons (Fsp3) is 0.364. The minimum Gasteiger partial charge on any atom is -0.478 e. The second-order valence-corrected chi connectivity index (χ2v) is 6.81. The van der Waals surface area contributed by atoms with E-state index in [9.17, 15) is 13.2 Å². The second-order valence-electron chi connectivity index (χ2n) is 4.58. The third kappa shape index (κ3) is 1.97. The summed E-state index contributed by atoms with van der Waals surface area (Å²) in [6.07, 6.45) is 2.16. The molecule has 0 saturated carbocycles. The van der Waals surface area contributed by atoms with E-state index in [1.807, 2.05) is 0 Å². The Labute approximate surface area is 108 Å². The number of fused-ring (bicyclic) bond motifs is 1. The Hall–Kier alpha value is -1.96. The molecule has 2 aromatic rings. The van der Waals surface area contributed by atoms with Gasteiger partial charge in [0, 0.05) is 12.1 Å². The summed E-state index contributed by atoms with van der Waals surface area (Å²) in [5, 5.41) is 16.9. The van der Waals surface area contributed by atoms with Crippen molar-refractivity contribution in [2.24, 2.45) is 0 Å². The molecule has 0 aromatic carbocycles. The molecule has 7 nitrogen and oxygen atoms in total. The summed E-state index contributed by atoms with van der Waals surface area (Å²) in [7, 11) is -3.01. The van der Waals surface area contributed by atoms with Gasteiger partial charge in [-0.25, -0.2) is 13.2 Å². The molecule has 100 valence electrons. The van der Waals surface area contributed by atoms with Gasteiger partial charge in [-0.15, -0.1) is 10.2 Å². The first-order valence-electron chi connectivity index (χ1n) is 5.75. The smallest absolute Gasteiger partial charge is 0.339 e. The van der Waals surface area contributed by atoms with Crippen LogP contribution in [0.25, 0.3) is 5.65 Å². The molecule has 1 fully saturated rings. The van der Waals surface area contributed by atoms with E-state index < -0.39 is 15.8 Å². The fourth-order valence-corrected chi connectivity index (χ4v) is 4.12. The molecule has 8 heteroatoms. The van der Waals surface area contributed by atoms with E-state index in [-0.39, 0.29) is 28.6 Å². The highest BCUT2D eigenvalue weighted by Gasteiger charge is 2.32. The molecule has 0 amide bonds. The van der Waals surface area contributed by atoms with Crippen molar-refractivity contribution in [1.82, 2.24) is 14.6 Å². The largest absolute Gasteiger partial charge is 0.478 e. The van der Waals surface area contributed by atoms with Gasteiger partial charge in [-0.05, 0) is 18.6 Å². The van der Waals surface area contributed by atoms with Crippen LogP contribution in [0.15, 0.2) is 18.3 Å². The van der Waals surface area contributed by atoms with Crippen LogP contribution in [-0.2, 0) is 9.84 Å². The Balaban J connectivity index is 2.12. The Bertz CT molecular complexity index is 765. The van der Waals surface area contributed by atoms with Gasteiger partial charge in [0.1, 0.15) is 11.4 Å². The highest BCUT2D eigenvalue weighted by molar-refractivity contribution is 7.91. The summed E-state index contributed by atoms with van der Waals surface area (Å²) in [4.78, 5) is 11.1. The molecule has 3 heterocycles. The third-order valence-corrected chi connectivity index (χ3v) is 5.06. The van der Waals surface area contributed by atoms with Crippen LogP contribution in [0, 0.1) is 0 Å². The van der Waals surface area contributed by atoms with E-state index in [1.165, 1.54) is 6.07 Å². The van der Waals surface area contributed by atoms with Gasteiger partial charge < -0.3 is 5.11 Å². The normalized spacial score (nSPS) is 21.8. The molecule has 1 unspecified atom stereocenters. The molecule has 1 saturated heterocycles. The molecule has 0 bridgehead atoms. The molecule has 2 aromatic heterocycles. The summed E-state index contributed by atoms with van der Waals surface area (Å²) in [5.41, 5.74) is 0.302. The number of carboxylic acids is 1. The van der Waals surface area contributed by atoms with Crippen LogP contribution in [0.1, 0.15) is 28.5 Å². The molecule has 1 N–H and O–H groups in total. The lowest BCUT2D eigenvalue weighted by molar-refractivity contribution is 0.0698. The van der Waals surface area contributed by atoms with Crippen LogP contribution in [0.4, 0.5) is 0 Å². The van der Waals surface area contributed by atoms with Crippen LogP contribution in [-0.4, -0.2) is 45.6 Å². The van der Waals surface area contributed by atoms with Crippen LogP contribution in [0.3, 0.4) is 0 Å². The Morgan fingerprint density at radius 2 is 2.21 bits per heavy atom. The zero-order valence-corrected chi connectivity index (χ0v) is 10.7. The van der Waals surface area contributed by atoms with E-state index in [2.05, 4.69) is 10.2 Å². The Morgan fingerprint density at radius 3 is 2.84 bits per heavy atom. The van der Waals surface area contributed by atoms with Crippen molar-refractivity contribution in [3.63, 3.8) is 0 Å². The maximum Gasteiger partial charge on any atom is 0.339 e. The summed E-state index contributed by atoms with van der Waals surface area (Å²) in [6, 6.07) is 3.04. The first-order chi connectivity index (χ1) is 8.98. The molecule has 3 rings (SSSR count). The predicted molar refractivity (Wildman–Crippen MR) is 66.0 cm³/mol. The number of carbonyl (C=O) groups is 1. The summed E-state index contributed by atoms with van der Waals surface area (Å²) >= 11 is 0. The van der Waals surface area contributed by atoms with Crippen molar-refractivity contribution in [3.05, 3.63) is 29.7 Å². The molecular formula is C11H11N3O4S. The minimum atomic E-state index is -3.01. The van der Waals surface area contributed by atoms with Gasteiger partial charge >= 0.3 is 5.97 Å². The molecule has 0 spiro atoms. The van der Waals surface area contributed by atoms with Crippen molar-refractivity contribution in [3.8, 4) is 0 Å². The quantitative estimate of drug-likeness (QED) is 0.851. The number of aromatic carboxylic acids is 1. The maximum absolute atomic E-state index is 11.5. The van der Waals surface area contributed by atoms with E-state index in [0.29, 0.717) is 12.2 Å². The molecule has 1 atom stereocenters. The third-order valence-electron chi connectivity index (χ3n) is 3.29. The van der Waals surface area contributed by atoms with Gasteiger partial charge in [-0.2, -0.15) is 0 Å². The van der Waals surface area contributed by atoms with Crippen LogP contribution in [0.5, 0.6) is 0 Å². The number of pyridine rings is 1. The maximum atomic E-state index is 11.5. The highest BCUT2D eigenvalue weighted by atomic mass is 32.2. The molecule has 0 aliphatic carbocycles. The van der Waals surface area contributed by atoms with Crippen molar-refractivity contribution >= 4 is 21.5 Å². The van der Waals surface area contributed by atoms with Gasteiger partial charge in [0.15, 0.2) is 15.5 Å². The first-order valence-corrected chi connectivity index (χ1v) is 7.57. The van der Waals surface area contributed by atoms with Crippen molar-refractivity contribution in [2.75, 3.05) is 11.5 Å². The van der Waals surface area contributed by atoms with Crippen LogP contribution < -0.4 is 0 Å². The fourth-order valence-electron chi connectivity index (χ4n) is 2.38. The number of rotatable bonds is 2. The molecule has 1 aliphatic rings. The average molecular weight is 281 g/mol. The molecule has 1 aliphatic heterocycles. The van der Waals surface area contributed by atoms with Gasteiger partial charge in [-0.3, -0.25) is 4.40 Å². The lowest BCUT2D eigenvalue weighted by atomic mass is 10.1. The summed E-state index contributed by atoms with van der Waals surface area (Å²) < 4.78 is 24.6. The van der Waals surface area contributed by atoms with Gasteiger partial charge in [-0.1, -0.05) is 0 Å². The summed E-state index contributed by atoms with van der Waals surface area (Å²) in [5.74, 6) is -0.595. The lowest BCUT2D eigenvalue weighted by Gasteiger charge is -2.05. The topological polar surface area (TPSA) is 102 Å². The van der Waals surface area contributed by atoms with Crippen molar-refractivity contribution in [2.45, 2.75) is 12.3 Å². The van der Waals surface area contributed by atoms with E-state index in [4.69, 9.17) is 5.11 Å². The van der Waals surface area contributed by atoms with E-state index in [0.717, 1.165) is 0 Å². The first kappa shape index (κ1) is 12.1. The predicted octanol–water partition coefficient (Wildman–Crippen LogP) is 0.330. The van der Waals surface area contributed by atoms with Gasteiger partial charge in [0.05, 0.1) is 11.5 Å². The van der Waals surface area contributed by atoms with Crippen LogP contribution >= 0.6 is 0 Å². The summed E-state index contributed by atoms with van der Waals surface area (Å²) in [6.45, 7) is 0. The number of nitrogens with zero attached hydrogens (tertiary/aromatic N) is 3. The SMILES string of the molecule is O=C(O)c1cccn2c(C3CCS(=O)(=O)C3)nnc12. The molecule has 19 heavy (non-hydrogen) atoms. The second kappa shape index (κ2) is 4.02.